The molecule has 1 aliphatic heterocycles. The average Bonchev–Trinajstić information content (AvgIpc) is 1.62. The lowest BCUT2D eigenvalue weighted by Gasteiger charge is -2.19. The Bertz CT molecular complexity index is 118. The molecule has 0 saturated carbocycles. The fraction of sp³-hybridized carbons (Fsp3) is 0.600. The quantitative estimate of drug-likeness (QED) is 0.493. The zero-order valence-electron chi connectivity index (χ0n) is 4.22. The smallest absolute Gasteiger partial charge is 0.272 e. The van der Waals surface area contributed by atoms with Gasteiger partial charge in [0.1, 0.15) is 0 Å². The average molecular weight is 129 g/mol. The maximum Gasteiger partial charge on any atom is 0.272 e. The summed E-state index contributed by atoms with van der Waals surface area (Å²) in [4.78, 5) is 20.0. The van der Waals surface area contributed by atoms with E-state index in [4.69, 9.17) is 0 Å². The molecule has 0 aromatic rings. The number of thioether (sulfide) groups is 1. The van der Waals surface area contributed by atoms with Crippen LogP contribution in [0.25, 0.3) is 0 Å². The summed E-state index contributed by atoms with van der Waals surface area (Å²) in [6.45, 7) is 0. The number of Topliss-reactive ketones (excluding diaryl/α,β-unsaturated/α-hetero) is 1. The molecule has 0 atom stereocenters. The molecule has 0 spiro atoms. The third kappa shape index (κ3) is 0.916. The Hall–Kier alpha value is -0.310. The number of hydrogen-bond donors (Lipinski definition) is 0. The van der Waals surface area contributed by atoms with E-state index in [9.17, 15) is 9.59 Å². The largest absolute Gasteiger partial charge is 0.290 e. The second kappa shape index (κ2) is 2.31. The molecule has 43 valence electrons. The SMILES string of the molecule is O=[C]C(=O)C1CSC1. The number of rotatable bonds is 2. The number of hydrogen-bond acceptors (Lipinski definition) is 3. The summed E-state index contributed by atoms with van der Waals surface area (Å²) in [5.74, 6) is 1.27. The van der Waals surface area contributed by atoms with Crippen molar-refractivity contribution in [2.75, 3.05) is 11.5 Å². The molecule has 1 heterocycles. The van der Waals surface area contributed by atoms with Gasteiger partial charge in [0.25, 0.3) is 6.29 Å². The van der Waals surface area contributed by atoms with Gasteiger partial charge in [-0.05, 0) is 0 Å². The molecule has 0 unspecified atom stereocenters. The van der Waals surface area contributed by atoms with Gasteiger partial charge in [0.05, 0.1) is 0 Å². The summed E-state index contributed by atoms with van der Waals surface area (Å²) < 4.78 is 0. The predicted octanol–water partition coefficient (Wildman–Crippen LogP) is 0.0282. The van der Waals surface area contributed by atoms with Crippen molar-refractivity contribution in [1.82, 2.24) is 0 Å². The van der Waals surface area contributed by atoms with Crippen LogP contribution in [0.3, 0.4) is 0 Å². The van der Waals surface area contributed by atoms with Crippen molar-refractivity contribution in [2.24, 2.45) is 5.92 Å². The zero-order chi connectivity index (χ0) is 5.98. The Balaban J connectivity index is 2.34. The van der Waals surface area contributed by atoms with E-state index in [2.05, 4.69) is 0 Å². The highest BCUT2D eigenvalue weighted by Gasteiger charge is 2.25. The van der Waals surface area contributed by atoms with E-state index in [1.54, 1.807) is 11.8 Å². The van der Waals surface area contributed by atoms with Gasteiger partial charge in [-0.15, -0.1) is 0 Å². The van der Waals surface area contributed by atoms with Gasteiger partial charge < -0.3 is 0 Å². The van der Waals surface area contributed by atoms with Crippen LogP contribution in [0.1, 0.15) is 0 Å². The lowest BCUT2D eigenvalue weighted by Crippen LogP contribution is -2.27. The first kappa shape index (κ1) is 5.82. The van der Waals surface area contributed by atoms with Crippen LogP contribution in [0.5, 0.6) is 0 Å². The Morgan fingerprint density at radius 2 is 2.25 bits per heavy atom. The van der Waals surface area contributed by atoms with Crippen LogP contribution >= 0.6 is 11.8 Å². The number of carbonyl (C=O) groups is 1. The van der Waals surface area contributed by atoms with Crippen LogP contribution in [-0.2, 0) is 9.59 Å². The van der Waals surface area contributed by atoms with Crippen molar-refractivity contribution in [1.29, 1.82) is 0 Å². The van der Waals surface area contributed by atoms with E-state index < -0.39 is 0 Å². The second-order valence-corrected chi connectivity index (χ2v) is 2.78. The summed E-state index contributed by atoms with van der Waals surface area (Å²) in [5, 5.41) is 0. The van der Waals surface area contributed by atoms with Gasteiger partial charge in [-0.2, -0.15) is 11.8 Å². The van der Waals surface area contributed by atoms with Gasteiger partial charge in [-0.1, -0.05) is 0 Å². The third-order valence-corrected chi connectivity index (χ3v) is 2.39. The Kier molecular flexibility index (Phi) is 1.68. The highest BCUT2D eigenvalue weighted by molar-refractivity contribution is 8.00. The molecular weight excluding hydrogens is 124 g/mol. The molecule has 3 heteroatoms. The molecule has 0 aromatic heterocycles. The molecule has 0 aromatic carbocycles. The summed E-state index contributed by atoms with van der Waals surface area (Å²) in [6.07, 6.45) is 1.36. The lowest BCUT2D eigenvalue weighted by atomic mass is 10.1. The van der Waals surface area contributed by atoms with Gasteiger partial charge in [0, 0.05) is 17.4 Å². The van der Waals surface area contributed by atoms with Crippen molar-refractivity contribution in [3.8, 4) is 0 Å². The fourth-order valence-electron chi connectivity index (χ4n) is 0.470. The van der Waals surface area contributed by atoms with Gasteiger partial charge >= 0.3 is 0 Å². The van der Waals surface area contributed by atoms with E-state index in [1.807, 2.05) is 0 Å². The molecule has 8 heavy (non-hydrogen) atoms. The minimum absolute atomic E-state index is 0.00231. The molecule has 1 saturated heterocycles. The summed E-state index contributed by atoms with van der Waals surface area (Å²) in [6, 6.07) is 0. The van der Waals surface area contributed by atoms with Crippen molar-refractivity contribution in [2.45, 2.75) is 0 Å². The topological polar surface area (TPSA) is 34.1 Å². The Morgan fingerprint density at radius 3 is 2.38 bits per heavy atom. The second-order valence-electron chi connectivity index (χ2n) is 1.70. The minimum Gasteiger partial charge on any atom is -0.290 e. The lowest BCUT2D eigenvalue weighted by molar-refractivity contribution is -0.115. The first-order valence-corrected chi connectivity index (χ1v) is 3.50. The van der Waals surface area contributed by atoms with E-state index in [0.717, 1.165) is 11.5 Å². The Morgan fingerprint density at radius 1 is 1.62 bits per heavy atom. The first-order valence-electron chi connectivity index (χ1n) is 2.34. The molecular formula is C5H5O2S. The molecule has 2 nitrogen and oxygen atoms in total. The fourth-order valence-corrected chi connectivity index (χ4v) is 1.24. The standard InChI is InChI=1S/C5H5O2S/c6-1-5(7)4-2-8-3-4/h4H,2-3H2. The van der Waals surface area contributed by atoms with Crippen LogP contribution in [-0.4, -0.2) is 23.6 Å². The highest BCUT2D eigenvalue weighted by atomic mass is 32.2. The van der Waals surface area contributed by atoms with Crippen molar-refractivity contribution in [3.05, 3.63) is 0 Å². The van der Waals surface area contributed by atoms with Crippen molar-refractivity contribution < 1.29 is 9.59 Å². The van der Waals surface area contributed by atoms with Crippen molar-refractivity contribution >= 4 is 23.8 Å². The van der Waals surface area contributed by atoms with Crippen LogP contribution in [0.2, 0.25) is 0 Å². The third-order valence-electron chi connectivity index (χ3n) is 1.11. The van der Waals surface area contributed by atoms with Crippen LogP contribution in [0.4, 0.5) is 0 Å². The van der Waals surface area contributed by atoms with E-state index in [0.29, 0.717) is 0 Å². The molecule has 1 rings (SSSR count). The normalized spacial score (nSPS) is 19.5. The van der Waals surface area contributed by atoms with Crippen LogP contribution < -0.4 is 0 Å². The molecule has 1 fully saturated rings. The Labute approximate surface area is 51.6 Å². The number of carbonyl (C=O) groups excluding carboxylic acids is 2. The van der Waals surface area contributed by atoms with Crippen molar-refractivity contribution in [3.63, 3.8) is 0 Å². The predicted molar refractivity (Wildman–Crippen MR) is 31.5 cm³/mol. The maximum atomic E-state index is 10.4. The van der Waals surface area contributed by atoms with Crippen LogP contribution in [0.15, 0.2) is 0 Å². The first-order chi connectivity index (χ1) is 3.84. The summed E-state index contributed by atoms with van der Waals surface area (Å²) in [5.41, 5.74) is 0. The van der Waals surface area contributed by atoms with E-state index in [-0.39, 0.29) is 11.7 Å². The van der Waals surface area contributed by atoms with E-state index >= 15 is 0 Å². The number of ketones is 1. The maximum absolute atomic E-state index is 10.4. The highest BCUT2D eigenvalue weighted by Crippen LogP contribution is 2.24. The minimum atomic E-state index is -0.358. The van der Waals surface area contributed by atoms with E-state index in [1.165, 1.54) is 6.29 Å². The molecule has 0 aliphatic carbocycles. The van der Waals surface area contributed by atoms with Gasteiger partial charge in [0.15, 0.2) is 0 Å². The summed E-state index contributed by atoms with van der Waals surface area (Å²) >= 11 is 1.69. The monoisotopic (exact) mass is 129 g/mol. The van der Waals surface area contributed by atoms with Gasteiger partial charge in [-0.3, -0.25) is 9.59 Å². The summed E-state index contributed by atoms with van der Waals surface area (Å²) in [7, 11) is 0. The molecule has 0 amide bonds. The molecule has 1 radical (unpaired) electrons. The van der Waals surface area contributed by atoms with Crippen LogP contribution in [0, 0.1) is 5.92 Å². The van der Waals surface area contributed by atoms with Gasteiger partial charge in [0.2, 0.25) is 5.78 Å². The molecule has 0 bridgehead atoms. The van der Waals surface area contributed by atoms with Gasteiger partial charge in [-0.25, -0.2) is 0 Å². The molecule has 1 aliphatic rings. The zero-order valence-corrected chi connectivity index (χ0v) is 5.03. The molecule has 0 N–H and O–H groups in total.